The number of hydrogen-bond donors (Lipinski definition) is 1. The number of benzene rings is 3. The van der Waals surface area contributed by atoms with Gasteiger partial charge in [0.1, 0.15) is 5.69 Å². The van der Waals surface area contributed by atoms with Crippen molar-refractivity contribution in [1.82, 2.24) is 4.98 Å². The van der Waals surface area contributed by atoms with Crippen molar-refractivity contribution in [3.63, 3.8) is 0 Å². The average Bonchev–Trinajstić information content (AvgIpc) is 3.00. The summed E-state index contributed by atoms with van der Waals surface area (Å²) in [7, 11) is 0. The molecule has 1 aromatic heterocycles. The lowest BCUT2D eigenvalue weighted by Crippen LogP contribution is -1.77. The van der Waals surface area contributed by atoms with Crippen LogP contribution < -0.4 is 0 Å². The summed E-state index contributed by atoms with van der Waals surface area (Å²) in [6.45, 7) is 0. The number of aromatic amines is 1. The lowest BCUT2D eigenvalue weighted by Gasteiger charge is -2.01. The molecule has 0 bridgehead atoms. The number of H-pyrrole nitrogens is 1. The fraction of sp³-hybridized carbons (Fsp3) is 0. The predicted octanol–water partition coefficient (Wildman–Crippen LogP) is 7.67. The molecule has 4 rings (SSSR count). The second-order valence-electron chi connectivity index (χ2n) is 5.58. The summed E-state index contributed by atoms with van der Waals surface area (Å²) >= 11 is 9.40. The lowest BCUT2D eigenvalue weighted by molar-refractivity contribution is 1.24. The molecule has 4 aromatic rings. The monoisotopic (exact) mass is 409 g/mol. The third kappa shape index (κ3) is 3.36. The number of rotatable bonds is 3. The van der Waals surface area contributed by atoms with Gasteiger partial charge in [-0.2, -0.15) is 5.11 Å². The Hall–Kier alpha value is -2.43. The number of hydrogen-bond acceptors (Lipinski definition) is 2. The van der Waals surface area contributed by atoms with E-state index in [1.165, 1.54) is 0 Å². The Balaban J connectivity index is 1.84. The number of azo groups is 1. The molecule has 0 aliphatic rings. The van der Waals surface area contributed by atoms with E-state index < -0.39 is 0 Å². The maximum atomic E-state index is 5.93. The minimum absolute atomic E-state index is 0.682. The van der Waals surface area contributed by atoms with Crippen molar-refractivity contribution in [1.29, 1.82) is 0 Å². The van der Waals surface area contributed by atoms with Crippen LogP contribution in [-0.2, 0) is 0 Å². The maximum absolute atomic E-state index is 5.93. The highest BCUT2D eigenvalue weighted by Gasteiger charge is 2.12. The van der Waals surface area contributed by atoms with Gasteiger partial charge in [0.05, 0.1) is 11.4 Å². The van der Waals surface area contributed by atoms with E-state index in [1.54, 1.807) is 12.1 Å². The Morgan fingerprint density at radius 2 is 1.52 bits per heavy atom. The first-order chi connectivity index (χ1) is 12.2. The molecule has 0 atom stereocenters. The van der Waals surface area contributed by atoms with Crippen molar-refractivity contribution in [2.24, 2.45) is 10.2 Å². The lowest BCUT2D eigenvalue weighted by atomic mass is 10.1. The first kappa shape index (κ1) is 16.1. The van der Waals surface area contributed by atoms with Crippen molar-refractivity contribution < 1.29 is 0 Å². The van der Waals surface area contributed by atoms with E-state index in [0.29, 0.717) is 5.02 Å². The van der Waals surface area contributed by atoms with E-state index in [1.807, 2.05) is 48.5 Å². The molecule has 0 aliphatic heterocycles. The van der Waals surface area contributed by atoms with Crippen LogP contribution in [0.1, 0.15) is 0 Å². The molecule has 1 heterocycles. The van der Waals surface area contributed by atoms with Gasteiger partial charge in [-0.25, -0.2) is 0 Å². The van der Waals surface area contributed by atoms with Crippen LogP contribution in [0.3, 0.4) is 0 Å². The van der Waals surface area contributed by atoms with Gasteiger partial charge in [0.15, 0.2) is 0 Å². The molecule has 0 radical (unpaired) electrons. The van der Waals surface area contributed by atoms with Gasteiger partial charge in [-0.15, -0.1) is 5.11 Å². The Morgan fingerprint density at radius 1 is 0.800 bits per heavy atom. The fourth-order valence-corrected chi connectivity index (χ4v) is 3.06. The Bertz CT molecular complexity index is 1050. The summed E-state index contributed by atoms with van der Waals surface area (Å²) in [6, 6.07) is 23.5. The smallest absolute Gasteiger partial charge is 0.119 e. The molecule has 25 heavy (non-hydrogen) atoms. The van der Waals surface area contributed by atoms with Crippen LogP contribution in [0.15, 0.2) is 87.5 Å². The zero-order valence-electron chi connectivity index (χ0n) is 13.1. The number of para-hydroxylation sites is 1. The first-order valence-corrected chi connectivity index (χ1v) is 8.92. The summed E-state index contributed by atoms with van der Waals surface area (Å²) in [5.74, 6) is 0. The van der Waals surface area contributed by atoms with Gasteiger partial charge in [-0.05, 0) is 42.5 Å². The molecule has 0 amide bonds. The highest BCUT2D eigenvalue weighted by Crippen LogP contribution is 2.38. The van der Waals surface area contributed by atoms with E-state index >= 15 is 0 Å². The van der Waals surface area contributed by atoms with Crippen molar-refractivity contribution >= 4 is 49.8 Å². The highest BCUT2D eigenvalue weighted by molar-refractivity contribution is 9.10. The summed E-state index contributed by atoms with van der Waals surface area (Å²) < 4.78 is 1.04. The van der Waals surface area contributed by atoms with E-state index in [-0.39, 0.29) is 0 Å². The minimum atomic E-state index is 0.682. The van der Waals surface area contributed by atoms with Gasteiger partial charge in [0.25, 0.3) is 0 Å². The van der Waals surface area contributed by atoms with Crippen LogP contribution in [0, 0.1) is 0 Å². The van der Waals surface area contributed by atoms with Crippen LogP contribution in [0.5, 0.6) is 0 Å². The summed E-state index contributed by atoms with van der Waals surface area (Å²) in [6.07, 6.45) is 0. The van der Waals surface area contributed by atoms with Gasteiger partial charge >= 0.3 is 0 Å². The van der Waals surface area contributed by atoms with Crippen LogP contribution in [-0.4, -0.2) is 4.98 Å². The quantitative estimate of drug-likeness (QED) is 0.337. The molecule has 0 saturated carbocycles. The molecular formula is C20H13BrClN3. The van der Waals surface area contributed by atoms with Crippen LogP contribution in [0.4, 0.5) is 11.4 Å². The van der Waals surface area contributed by atoms with Gasteiger partial charge in [0.2, 0.25) is 0 Å². The van der Waals surface area contributed by atoms with Crippen LogP contribution >= 0.6 is 27.5 Å². The second kappa shape index (κ2) is 6.82. The minimum Gasteiger partial charge on any atom is -0.353 e. The third-order valence-corrected chi connectivity index (χ3v) is 4.68. The van der Waals surface area contributed by atoms with E-state index in [2.05, 4.69) is 43.3 Å². The highest BCUT2D eigenvalue weighted by atomic mass is 79.9. The molecule has 5 heteroatoms. The number of nitrogens with one attached hydrogen (secondary N) is 1. The normalized spacial score (nSPS) is 11.4. The molecule has 3 aromatic carbocycles. The summed E-state index contributed by atoms with van der Waals surface area (Å²) in [5.41, 5.74) is 4.63. The van der Waals surface area contributed by atoms with E-state index in [0.717, 1.165) is 38.0 Å². The third-order valence-electron chi connectivity index (χ3n) is 3.90. The molecule has 122 valence electrons. The number of fused-ring (bicyclic) bond motifs is 1. The predicted molar refractivity (Wildman–Crippen MR) is 107 cm³/mol. The SMILES string of the molecule is Clc1ccc(/N=N/c2c(-c3ccc(Br)cc3)[nH]c3ccccc23)cc1. The second-order valence-corrected chi connectivity index (χ2v) is 6.93. The summed E-state index contributed by atoms with van der Waals surface area (Å²) in [4.78, 5) is 3.46. The molecule has 0 aliphatic carbocycles. The molecular weight excluding hydrogens is 398 g/mol. The first-order valence-electron chi connectivity index (χ1n) is 7.75. The van der Waals surface area contributed by atoms with Crippen molar-refractivity contribution in [3.8, 4) is 11.3 Å². The average molecular weight is 411 g/mol. The fourth-order valence-electron chi connectivity index (χ4n) is 2.67. The largest absolute Gasteiger partial charge is 0.353 e. The molecule has 1 N–H and O–H groups in total. The Morgan fingerprint density at radius 3 is 2.28 bits per heavy atom. The Kier molecular flexibility index (Phi) is 4.38. The van der Waals surface area contributed by atoms with Gasteiger partial charge < -0.3 is 4.98 Å². The van der Waals surface area contributed by atoms with Crippen molar-refractivity contribution in [2.45, 2.75) is 0 Å². The number of aromatic nitrogens is 1. The van der Waals surface area contributed by atoms with Crippen molar-refractivity contribution in [3.05, 3.63) is 82.3 Å². The van der Waals surface area contributed by atoms with Gasteiger partial charge in [0, 0.05) is 26.0 Å². The molecule has 0 fully saturated rings. The Labute approximate surface area is 158 Å². The van der Waals surface area contributed by atoms with Gasteiger partial charge in [-0.1, -0.05) is 57.9 Å². The van der Waals surface area contributed by atoms with E-state index in [4.69, 9.17) is 11.6 Å². The zero-order chi connectivity index (χ0) is 17.2. The number of nitrogens with zero attached hydrogens (tertiary/aromatic N) is 2. The zero-order valence-corrected chi connectivity index (χ0v) is 15.4. The number of halogens is 2. The summed E-state index contributed by atoms with van der Waals surface area (Å²) in [5, 5.41) is 10.6. The molecule has 0 unspecified atom stereocenters. The van der Waals surface area contributed by atoms with E-state index in [9.17, 15) is 0 Å². The van der Waals surface area contributed by atoms with Gasteiger partial charge in [-0.3, -0.25) is 0 Å². The maximum Gasteiger partial charge on any atom is 0.119 e. The molecule has 3 nitrogen and oxygen atoms in total. The molecule has 0 spiro atoms. The van der Waals surface area contributed by atoms with Crippen LogP contribution in [0.25, 0.3) is 22.2 Å². The van der Waals surface area contributed by atoms with Crippen LogP contribution in [0.2, 0.25) is 5.02 Å². The molecule has 0 saturated heterocycles. The standard InChI is InChI=1S/C20H13BrClN3/c21-14-7-5-13(6-8-14)19-20(17-3-1-2-4-18(17)23-19)25-24-16-11-9-15(22)10-12-16/h1-12,23H/b25-24+. The van der Waals surface area contributed by atoms with Crippen molar-refractivity contribution in [2.75, 3.05) is 0 Å². The topological polar surface area (TPSA) is 40.5 Å².